The van der Waals surface area contributed by atoms with Gasteiger partial charge in [0.2, 0.25) is 5.91 Å². The zero-order valence-corrected chi connectivity index (χ0v) is 18.4. The van der Waals surface area contributed by atoms with E-state index in [2.05, 4.69) is 11.4 Å². The number of unbranched alkanes of at least 4 members (excludes halogenated alkanes) is 1. The molecule has 2 amide bonds. The summed E-state index contributed by atoms with van der Waals surface area (Å²) in [4.78, 5) is 37.3. The Bertz CT molecular complexity index is 1050. The Balaban J connectivity index is 1.60. The molecule has 1 heterocycles. The molecule has 0 spiro atoms. The fraction of sp³-hybridized carbons (Fsp3) is 0.360. The highest BCUT2D eigenvalue weighted by Gasteiger charge is 2.33. The van der Waals surface area contributed by atoms with Crippen molar-refractivity contribution in [1.29, 1.82) is 5.26 Å². The fourth-order valence-electron chi connectivity index (χ4n) is 3.77. The molecule has 0 aliphatic carbocycles. The van der Waals surface area contributed by atoms with Crippen LogP contribution >= 0.6 is 0 Å². The van der Waals surface area contributed by atoms with Gasteiger partial charge in [0.25, 0.3) is 11.7 Å². The number of nitrogens with two attached hydrogens (primary N) is 1. The first-order valence-electron chi connectivity index (χ1n) is 10.8. The standard InChI is InChI=1S/C25H28N4O3/c1-16(27)5-3-4-6-23(30)28-20(15-26)13-17-7-9-18(10-8-17)19-11-12-21-22(14-19)29(2)25(32)24(21)31/h7-12,14,16,20H,3-6,13,27H2,1-2H3,(H,28,30)/t16-,20?/m0/s1. The van der Waals surface area contributed by atoms with Crippen LogP contribution in [0.4, 0.5) is 5.69 Å². The molecule has 3 N–H and O–H groups in total. The average Bonchev–Trinajstić information content (AvgIpc) is 3.00. The Kier molecular flexibility index (Phi) is 7.39. The van der Waals surface area contributed by atoms with Gasteiger partial charge in [0.1, 0.15) is 6.04 Å². The summed E-state index contributed by atoms with van der Waals surface area (Å²) in [5, 5.41) is 12.2. The highest BCUT2D eigenvalue weighted by Crippen LogP contribution is 2.32. The number of hydrogen-bond acceptors (Lipinski definition) is 5. The van der Waals surface area contributed by atoms with Crippen molar-refractivity contribution in [1.82, 2.24) is 5.32 Å². The molecule has 0 saturated carbocycles. The Labute approximate surface area is 188 Å². The van der Waals surface area contributed by atoms with Crippen LogP contribution in [0.1, 0.15) is 48.5 Å². The van der Waals surface area contributed by atoms with Gasteiger partial charge in [-0.3, -0.25) is 14.4 Å². The first kappa shape index (κ1) is 23.2. The molecule has 7 heteroatoms. The zero-order valence-electron chi connectivity index (χ0n) is 18.4. The molecule has 0 fully saturated rings. The third-order valence-electron chi connectivity index (χ3n) is 5.63. The zero-order chi connectivity index (χ0) is 23.3. The predicted octanol–water partition coefficient (Wildman–Crippen LogP) is 2.97. The van der Waals surface area contributed by atoms with Crippen LogP contribution < -0.4 is 16.0 Å². The lowest BCUT2D eigenvalue weighted by Gasteiger charge is -2.13. The second-order valence-corrected chi connectivity index (χ2v) is 8.30. The van der Waals surface area contributed by atoms with Crippen molar-refractivity contribution in [2.75, 3.05) is 11.9 Å². The molecule has 2 aromatic rings. The van der Waals surface area contributed by atoms with E-state index in [1.165, 1.54) is 4.90 Å². The first-order valence-corrected chi connectivity index (χ1v) is 10.8. The smallest absolute Gasteiger partial charge is 0.299 e. The average molecular weight is 433 g/mol. The summed E-state index contributed by atoms with van der Waals surface area (Å²) < 4.78 is 0. The highest BCUT2D eigenvalue weighted by molar-refractivity contribution is 6.52. The molecular weight excluding hydrogens is 404 g/mol. The lowest BCUT2D eigenvalue weighted by molar-refractivity contribution is -0.121. The third kappa shape index (κ3) is 5.40. The summed E-state index contributed by atoms with van der Waals surface area (Å²) in [5.74, 6) is -1.13. The van der Waals surface area contributed by atoms with Crippen LogP contribution in [0, 0.1) is 11.3 Å². The van der Waals surface area contributed by atoms with Gasteiger partial charge in [-0.15, -0.1) is 0 Å². The number of nitrogens with zero attached hydrogens (tertiary/aromatic N) is 2. The summed E-state index contributed by atoms with van der Waals surface area (Å²) in [6, 6.07) is 14.7. The van der Waals surface area contributed by atoms with E-state index < -0.39 is 17.7 Å². The summed E-state index contributed by atoms with van der Waals surface area (Å²) in [6.45, 7) is 1.95. The molecule has 1 aliphatic heterocycles. The van der Waals surface area contributed by atoms with E-state index >= 15 is 0 Å². The van der Waals surface area contributed by atoms with Gasteiger partial charge in [-0.25, -0.2) is 0 Å². The van der Waals surface area contributed by atoms with Crippen LogP contribution in [0.3, 0.4) is 0 Å². The molecule has 166 valence electrons. The second kappa shape index (κ2) is 10.2. The quantitative estimate of drug-likeness (QED) is 0.467. The Morgan fingerprint density at radius 1 is 1.12 bits per heavy atom. The lowest BCUT2D eigenvalue weighted by atomic mass is 9.99. The molecule has 32 heavy (non-hydrogen) atoms. The number of nitriles is 1. The number of Topliss-reactive ketones (excluding diaryl/α,β-unsaturated/α-hetero) is 1. The minimum Gasteiger partial charge on any atom is -0.340 e. The van der Waals surface area contributed by atoms with Crippen molar-refractivity contribution < 1.29 is 14.4 Å². The number of ketones is 1. The fourth-order valence-corrected chi connectivity index (χ4v) is 3.77. The SMILES string of the molecule is C[C@H](N)CCCCC(=O)NC(C#N)Cc1ccc(-c2ccc3c(c2)N(C)C(=O)C3=O)cc1. The van der Waals surface area contributed by atoms with Gasteiger partial charge >= 0.3 is 0 Å². The number of hydrogen-bond donors (Lipinski definition) is 2. The van der Waals surface area contributed by atoms with Crippen LogP contribution in [0.15, 0.2) is 42.5 Å². The monoisotopic (exact) mass is 432 g/mol. The minimum absolute atomic E-state index is 0.121. The molecular formula is C25H28N4O3. The number of nitrogens with one attached hydrogen (secondary N) is 1. The van der Waals surface area contributed by atoms with E-state index in [9.17, 15) is 19.6 Å². The number of fused-ring (bicyclic) bond motifs is 1. The molecule has 1 aliphatic rings. The third-order valence-corrected chi connectivity index (χ3v) is 5.63. The molecule has 0 saturated heterocycles. The maximum Gasteiger partial charge on any atom is 0.299 e. The number of carbonyl (C=O) groups excluding carboxylic acids is 3. The van der Waals surface area contributed by atoms with Gasteiger partial charge in [-0.05, 0) is 48.6 Å². The number of anilines is 1. The van der Waals surface area contributed by atoms with Crippen molar-refractivity contribution in [3.8, 4) is 17.2 Å². The molecule has 0 aromatic heterocycles. The maximum atomic E-state index is 12.1. The number of rotatable bonds is 9. The summed E-state index contributed by atoms with van der Waals surface area (Å²) >= 11 is 0. The van der Waals surface area contributed by atoms with E-state index in [0.29, 0.717) is 24.1 Å². The van der Waals surface area contributed by atoms with E-state index in [1.54, 1.807) is 13.1 Å². The summed E-state index contributed by atoms with van der Waals surface area (Å²) in [5.41, 5.74) is 9.49. The largest absolute Gasteiger partial charge is 0.340 e. The molecule has 2 aromatic carbocycles. The van der Waals surface area contributed by atoms with E-state index in [1.807, 2.05) is 43.3 Å². The molecule has 0 radical (unpaired) electrons. The van der Waals surface area contributed by atoms with E-state index in [-0.39, 0.29) is 11.9 Å². The van der Waals surface area contributed by atoms with Crippen molar-refractivity contribution in [2.45, 2.75) is 51.1 Å². The van der Waals surface area contributed by atoms with Crippen molar-refractivity contribution >= 4 is 23.3 Å². The topological polar surface area (TPSA) is 116 Å². The van der Waals surface area contributed by atoms with Crippen molar-refractivity contribution in [2.24, 2.45) is 5.73 Å². The van der Waals surface area contributed by atoms with Crippen LogP contribution in [-0.4, -0.2) is 36.7 Å². The van der Waals surface area contributed by atoms with Gasteiger partial charge in [0.05, 0.1) is 17.3 Å². The predicted molar refractivity (Wildman–Crippen MR) is 123 cm³/mol. The number of carbonyl (C=O) groups is 3. The molecule has 7 nitrogen and oxygen atoms in total. The van der Waals surface area contributed by atoms with E-state index in [0.717, 1.165) is 36.0 Å². The number of benzene rings is 2. The maximum absolute atomic E-state index is 12.1. The van der Waals surface area contributed by atoms with Gasteiger partial charge in [-0.2, -0.15) is 5.26 Å². The van der Waals surface area contributed by atoms with Gasteiger partial charge in [0.15, 0.2) is 0 Å². The molecule has 2 atom stereocenters. The lowest BCUT2D eigenvalue weighted by Crippen LogP contribution is -2.35. The minimum atomic E-state index is -0.590. The Morgan fingerprint density at radius 3 is 2.47 bits per heavy atom. The highest BCUT2D eigenvalue weighted by atomic mass is 16.2. The van der Waals surface area contributed by atoms with Crippen LogP contribution in [0.5, 0.6) is 0 Å². The number of likely N-dealkylation sites (N-methyl/N-ethyl adjacent to an activating group) is 1. The summed E-state index contributed by atoms with van der Waals surface area (Å²) in [7, 11) is 1.59. The van der Waals surface area contributed by atoms with Gasteiger partial charge in [-0.1, -0.05) is 36.8 Å². The van der Waals surface area contributed by atoms with Crippen LogP contribution in [0.2, 0.25) is 0 Å². The second-order valence-electron chi connectivity index (χ2n) is 8.30. The van der Waals surface area contributed by atoms with Crippen LogP contribution in [-0.2, 0) is 16.0 Å². The van der Waals surface area contributed by atoms with E-state index in [4.69, 9.17) is 5.73 Å². The van der Waals surface area contributed by atoms with Gasteiger partial charge in [0, 0.05) is 25.9 Å². The Hall–Kier alpha value is -3.50. The molecule has 0 bridgehead atoms. The molecule has 1 unspecified atom stereocenters. The van der Waals surface area contributed by atoms with Crippen LogP contribution in [0.25, 0.3) is 11.1 Å². The summed E-state index contributed by atoms with van der Waals surface area (Å²) in [6.07, 6.45) is 3.34. The van der Waals surface area contributed by atoms with Crippen molar-refractivity contribution in [3.05, 3.63) is 53.6 Å². The number of amides is 2. The Morgan fingerprint density at radius 2 is 1.81 bits per heavy atom. The molecule has 3 rings (SSSR count). The first-order chi connectivity index (χ1) is 15.3. The normalized spacial score (nSPS) is 14.6. The van der Waals surface area contributed by atoms with Crippen molar-refractivity contribution in [3.63, 3.8) is 0 Å². The van der Waals surface area contributed by atoms with Gasteiger partial charge < -0.3 is 16.0 Å².